The fourth-order valence-corrected chi connectivity index (χ4v) is 2.32. The van der Waals surface area contributed by atoms with Crippen LogP contribution in [0.3, 0.4) is 0 Å². The highest BCUT2D eigenvalue weighted by Crippen LogP contribution is 2.21. The van der Waals surface area contributed by atoms with Gasteiger partial charge in [-0.1, -0.05) is 6.07 Å². The Hall–Kier alpha value is -3.35. The molecular formula is C17H11F2N3O2. The van der Waals surface area contributed by atoms with E-state index in [0.717, 1.165) is 18.2 Å². The van der Waals surface area contributed by atoms with Crippen LogP contribution in [0.25, 0.3) is 10.9 Å². The monoisotopic (exact) mass is 327 g/mol. The molecule has 1 heterocycles. The van der Waals surface area contributed by atoms with Gasteiger partial charge in [0.1, 0.15) is 11.6 Å². The summed E-state index contributed by atoms with van der Waals surface area (Å²) >= 11 is 0. The van der Waals surface area contributed by atoms with Crippen molar-refractivity contribution in [1.82, 2.24) is 4.98 Å². The van der Waals surface area contributed by atoms with Gasteiger partial charge in [0.25, 0.3) is 11.8 Å². The van der Waals surface area contributed by atoms with E-state index in [-0.39, 0.29) is 16.8 Å². The zero-order valence-corrected chi connectivity index (χ0v) is 12.2. The quantitative estimate of drug-likeness (QED) is 0.776. The van der Waals surface area contributed by atoms with Crippen molar-refractivity contribution >= 4 is 28.4 Å². The minimum absolute atomic E-state index is 0.0237. The van der Waals surface area contributed by atoms with Crippen molar-refractivity contribution in [2.75, 3.05) is 5.32 Å². The molecule has 0 bridgehead atoms. The molecule has 3 N–H and O–H groups in total. The highest BCUT2D eigenvalue weighted by atomic mass is 19.1. The number of nitrogens with zero attached hydrogens (tertiary/aromatic N) is 1. The van der Waals surface area contributed by atoms with Gasteiger partial charge in [-0.15, -0.1) is 0 Å². The lowest BCUT2D eigenvalue weighted by Gasteiger charge is -2.09. The summed E-state index contributed by atoms with van der Waals surface area (Å²) < 4.78 is 27.2. The topological polar surface area (TPSA) is 85.1 Å². The van der Waals surface area contributed by atoms with Crippen molar-refractivity contribution < 1.29 is 18.4 Å². The van der Waals surface area contributed by atoms with Crippen LogP contribution in [-0.2, 0) is 0 Å². The molecule has 0 radical (unpaired) electrons. The molecular weight excluding hydrogens is 316 g/mol. The highest BCUT2D eigenvalue weighted by Gasteiger charge is 2.15. The molecule has 0 aliphatic carbocycles. The Morgan fingerprint density at radius 2 is 1.83 bits per heavy atom. The number of pyridine rings is 1. The van der Waals surface area contributed by atoms with Gasteiger partial charge in [-0.3, -0.25) is 14.6 Å². The van der Waals surface area contributed by atoms with Crippen LogP contribution >= 0.6 is 0 Å². The van der Waals surface area contributed by atoms with Crippen molar-refractivity contribution in [3.05, 3.63) is 71.4 Å². The van der Waals surface area contributed by atoms with Gasteiger partial charge >= 0.3 is 0 Å². The number of carbonyl (C=O) groups excluding carboxylic acids is 2. The number of nitrogens with one attached hydrogen (secondary N) is 1. The molecule has 0 saturated heterocycles. The lowest BCUT2D eigenvalue weighted by molar-refractivity contribution is 0.0992. The van der Waals surface area contributed by atoms with Gasteiger partial charge < -0.3 is 11.1 Å². The molecule has 0 spiro atoms. The third-order valence-corrected chi connectivity index (χ3v) is 3.40. The molecule has 3 aromatic rings. The molecule has 7 heteroatoms. The molecule has 5 nitrogen and oxygen atoms in total. The number of amides is 2. The number of benzene rings is 2. The van der Waals surface area contributed by atoms with Gasteiger partial charge in [0.05, 0.1) is 16.6 Å². The predicted octanol–water partition coefficient (Wildman–Crippen LogP) is 2.86. The Balaban J connectivity index is 1.99. The zero-order valence-electron chi connectivity index (χ0n) is 12.2. The molecule has 24 heavy (non-hydrogen) atoms. The number of primary amides is 1. The van der Waals surface area contributed by atoms with Crippen LogP contribution in [0.5, 0.6) is 0 Å². The second-order valence-corrected chi connectivity index (χ2v) is 5.04. The van der Waals surface area contributed by atoms with Crippen LogP contribution in [0.15, 0.2) is 48.7 Å². The third-order valence-electron chi connectivity index (χ3n) is 3.40. The minimum atomic E-state index is -0.957. The van der Waals surface area contributed by atoms with Gasteiger partial charge in [0, 0.05) is 17.3 Å². The smallest absolute Gasteiger partial charge is 0.257 e. The lowest BCUT2D eigenvalue weighted by atomic mass is 10.1. The Kier molecular flexibility index (Phi) is 3.91. The second kappa shape index (κ2) is 6.04. The van der Waals surface area contributed by atoms with Gasteiger partial charge in [-0.05, 0) is 36.4 Å². The number of hydrogen-bond acceptors (Lipinski definition) is 3. The number of fused-ring (bicyclic) bond motifs is 1. The highest BCUT2D eigenvalue weighted by molar-refractivity contribution is 6.12. The van der Waals surface area contributed by atoms with Gasteiger partial charge in [0.2, 0.25) is 0 Å². The number of carbonyl (C=O) groups is 2. The maximum atomic E-state index is 13.7. The molecule has 0 saturated carbocycles. The molecule has 120 valence electrons. The molecule has 1 aromatic heterocycles. The predicted molar refractivity (Wildman–Crippen MR) is 84.6 cm³/mol. The van der Waals surface area contributed by atoms with Crippen molar-refractivity contribution in [2.24, 2.45) is 5.73 Å². The van der Waals surface area contributed by atoms with Crippen LogP contribution < -0.4 is 11.1 Å². The van der Waals surface area contributed by atoms with E-state index in [4.69, 9.17) is 5.73 Å². The van der Waals surface area contributed by atoms with Crippen molar-refractivity contribution in [3.8, 4) is 0 Å². The van der Waals surface area contributed by atoms with Crippen LogP contribution in [0.2, 0.25) is 0 Å². The van der Waals surface area contributed by atoms with Gasteiger partial charge in [-0.25, -0.2) is 8.78 Å². The fraction of sp³-hybridized carbons (Fsp3) is 0. The maximum absolute atomic E-state index is 13.7. The Bertz CT molecular complexity index is 973. The van der Waals surface area contributed by atoms with E-state index < -0.39 is 23.4 Å². The standard InChI is InChI=1S/C17H11F2N3O2/c18-10-6-9-2-1-5-21-15(9)13(7-10)17(24)22-11-3-4-14(19)12(8-11)16(20)23/h1-8H,(H2,20,23)(H,22,24). The fourth-order valence-electron chi connectivity index (χ4n) is 2.32. The SMILES string of the molecule is NC(=O)c1cc(NC(=O)c2cc(F)cc3cccnc23)ccc1F. The van der Waals surface area contributed by atoms with Crippen molar-refractivity contribution in [2.45, 2.75) is 0 Å². The van der Waals surface area contributed by atoms with E-state index in [1.807, 2.05) is 0 Å². The summed E-state index contributed by atoms with van der Waals surface area (Å²) in [5.74, 6) is -2.97. The summed E-state index contributed by atoms with van der Waals surface area (Å²) in [5.41, 5.74) is 5.22. The number of hydrogen-bond donors (Lipinski definition) is 2. The summed E-state index contributed by atoms with van der Waals surface area (Å²) in [7, 11) is 0. The second-order valence-electron chi connectivity index (χ2n) is 5.04. The van der Waals surface area contributed by atoms with E-state index in [1.54, 1.807) is 12.1 Å². The first kappa shape index (κ1) is 15.5. The summed E-state index contributed by atoms with van der Waals surface area (Å²) in [4.78, 5) is 27.7. The zero-order chi connectivity index (χ0) is 17.3. The molecule has 2 amide bonds. The largest absolute Gasteiger partial charge is 0.366 e. The summed E-state index contributed by atoms with van der Waals surface area (Å²) in [5, 5.41) is 2.95. The van der Waals surface area contributed by atoms with E-state index in [0.29, 0.717) is 10.9 Å². The van der Waals surface area contributed by atoms with Gasteiger partial charge in [0.15, 0.2) is 0 Å². The Morgan fingerprint density at radius 1 is 1.04 bits per heavy atom. The molecule has 0 unspecified atom stereocenters. The van der Waals surface area contributed by atoms with Gasteiger partial charge in [-0.2, -0.15) is 0 Å². The number of rotatable bonds is 3. The van der Waals surface area contributed by atoms with E-state index in [9.17, 15) is 18.4 Å². The van der Waals surface area contributed by atoms with Crippen LogP contribution in [0.4, 0.5) is 14.5 Å². The summed E-state index contributed by atoms with van der Waals surface area (Å²) in [6, 6.07) is 8.98. The number of aromatic nitrogens is 1. The average molecular weight is 327 g/mol. The first-order valence-electron chi connectivity index (χ1n) is 6.90. The van der Waals surface area contributed by atoms with Crippen molar-refractivity contribution in [3.63, 3.8) is 0 Å². The average Bonchev–Trinajstić information content (AvgIpc) is 2.55. The third kappa shape index (κ3) is 2.91. The molecule has 2 aromatic carbocycles. The van der Waals surface area contributed by atoms with Crippen LogP contribution in [0.1, 0.15) is 20.7 Å². The normalized spacial score (nSPS) is 10.6. The molecule has 0 aliphatic rings. The molecule has 0 fully saturated rings. The van der Waals surface area contributed by atoms with Crippen LogP contribution in [-0.4, -0.2) is 16.8 Å². The van der Waals surface area contributed by atoms with E-state index in [1.165, 1.54) is 18.3 Å². The van der Waals surface area contributed by atoms with Crippen LogP contribution in [0, 0.1) is 11.6 Å². The number of halogens is 2. The van der Waals surface area contributed by atoms with Crippen molar-refractivity contribution in [1.29, 1.82) is 0 Å². The Labute approximate surface area is 135 Å². The first-order valence-corrected chi connectivity index (χ1v) is 6.90. The molecule has 0 atom stereocenters. The summed E-state index contributed by atoms with van der Waals surface area (Å²) in [6.07, 6.45) is 1.49. The number of anilines is 1. The minimum Gasteiger partial charge on any atom is -0.366 e. The number of nitrogens with two attached hydrogens (primary N) is 1. The molecule has 0 aliphatic heterocycles. The Morgan fingerprint density at radius 3 is 2.58 bits per heavy atom. The van der Waals surface area contributed by atoms with E-state index >= 15 is 0 Å². The summed E-state index contributed by atoms with van der Waals surface area (Å²) in [6.45, 7) is 0. The lowest BCUT2D eigenvalue weighted by Crippen LogP contribution is -2.16. The first-order chi connectivity index (χ1) is 11.5. The van der Waals surface area contributed by atoms with E-state index in [2.05, 4.69) is 10.3 Å². The maximum Gasteiger partial charge on any atom is 0.257 e. The molecule has 3 rings (SSSR count).